The summed E-state index contributed by atoms with van der Waals surface area (Å²) in [5, 5.41) is 10.2. The largest absolute Gasteiger partial charge is 0.311 e. The first-order chi connectivity index (χ1) is 14.0. The van der Waals surface area contributed by atoms with Gasteiger partial charge < -0.3 is 4.90 Å². The van der Waals surface area contributed by atoms with Crippen molar-refractivity contribution in [1.29, 1.82) is 5.26 Å². The number of nitriles is 1. The Morgan fingerprint density at radius 2 is 2.03 bits per heavy atom. The minimum Gasteiger partial charge on any atom is -0.311 e. The number of hydrogen-bond donors (Lipinski definition) is 0. The van der Waals surface area contributed by atoms with E-state index >= 15 is 0 Å². The maximum absolute atomic E-state index is 12.9. The molecule has 0 aliphatic rings. The summed E-state index contributed by atoms with van der Waals surface area (Å²) in [5.74, 6) is 0.0220. The molecule has 0 atom stereocenters. The van der Waals surface area contributed by atoms with Gasteiger partial charge in [0.15, 0.2) is 5.16 Å². The van der Waals surface area contributed by atoms with E-state index < -0.39 is 0 Å². The Balaban J connectivity index is 1.88. The number of fused-ring (bicyclic) bond motifs is 1. The predicted molar refractivity (Wildman–Crippen MR) is 119 cm³/mol. The Hall–Kier alpha value is -2.63. The van der Waals surface area contributed by atoms with E-state index in [2.05, 4.69) is 11.1 Å². The average Bonchev–Trinajstić information content (AvgIpc) is 3.01. The zero-order valence-corrected chi connectivity index (χ0v) is 18.3. The van der Waals surface area contributed by atoms with Crippen molar-refractivity contribution in [3.63, 3.8) is 0 Å². The van der Waals surface area contributed by atoms with Crippen molar-refractivity contribution < 1.29 is 4.79 Å². The first kappa shape index (κ1) is 21.1. The third-order valence-electron chi connectivity index (χ3n) is 4.71. The van der Waals surface area contributed by atoms with Crippen molar-refractivity contribution in [2.75, 3.05) is 17.2 Å². The van der Waals surface area contributed by atoms with Crippen LogP contribution < -0.4 is 10.5 Å². The van der Waals surface area contributed by atoms with Crippen LogP contribution in [-0.4, -0.2) is 27.8 Å². The van der Waals surface area contributed by atoms with Crippen LogP contribution in [0.25, 0.3) is 10.2 Å². The van der Waals surface area contributed by atoms with E-state index in [4.69, 9.17) is 5.26 Å². The number of thioether (sulfide) groups is 1. The lowest BCUT2D eigenvalue weighted by atomic mass is 10.2. The summed E-state index contributed by atoms with van der Waals surface area (Å²) in [6.07, 6.45) is 0.253. The van der Waals surface area contributed by atoms with Crippen LogP contribution >= 0.6 is 23.1 Å². The zero-order valence-electron chi connectivity index (χ0n) is 16.6. The van der Waals surface area contributed by atoms with Gasteiger partial charge in [0.2, 0.25) is 5.91 Å². The lowest BCUT2D eigenvalue weighted by Crippen LogP contribution is -2.33. The van der Waals surface area contributed by atoms with Crippen LogP contribution in [0.4, 0.5) is 5.69 Å². The van der Waals surface area contributed by atoms with Crippen LogP contribution in [0.3, 0.4) is 0 Å². The zero-order chi connectivity index (χ0) is 21.0. The van der Waals surface area contributed by atoms with E-state index in [-0.39, 0.29) is 23.6 Å². The highest BCUT2D eigenvalue weighted by atomic mass is 32.2. The molecule has 0 unspecified atom stereocenters. The highest BCUT2D eigenvalue weighted by Crippen LogP contribution is 2.28. The first-order valence-electron chi connectivity index (χ1n) is 9.33. The lowest BCUT2D eigenvalue weighted by molar-refractivity contribution is -0.116. The summed E-state index contributed by atoms with van der Waals surface area (Å²) >= 11 is 2.77. The molecule has 0 N–H and O–H groups in total. The van der Waals surface area contributed by atoms with Gasteiger partial charge in [-0.1, -0.05) is 30.0 Å². The first-order valence-corrected chi connectivity index (χ1v) is 11.1. The number of nitrogens with zero attached hydrogens (tertiary/aromatic N) is 4. The molecule has 2 heterocycles. The number of carbonyl (C=O) groups excluding carboxylic acids is 1. The minimum absolute atomic E-state index is 0.0568. The van der Waals surface area contributed by atoms with Crippen molar-refractivity contribution in [3.8, 4) is 6.07 Å². The maximum atomic E-state index is 12.9. The molecular formula is C21H22N4O2S2. The molecule has 1 aromatic carbocycles. The predicted octanol–water partition coefficient (Wildman–Crippen LogP) is 4.13. The van der Waals surface area contributed by atoms with Crippen LogP contribution in [0.5, 0.6) is 0 Å². The molecule has 0 spiro atoms. The highest BCUT2D eigenvalue weighted by molar-refractivity contribution is 7.99. The number of aromatic nitrogens is 2. The number of aryl methyl sites for hydroxylation is 2. The van der Waals surface area contributed by atoms with Crippen molar-refractivity contribution in [1.82, 2.24) is 9.55 Å². The molecule has 2 aromatic heterocycles. The molecule has 0 saturated heterocycles. The molecular weight excluding hydrogens is 404 g/mol. The summed E-state index contributed by atoms with van der Waals surface area (Å²) in [5.41, 5.74) is 1.68. The second-order valence-electron chi connectivity index (χ2n) is 6.48. The van der Waals surface area contributed by atoms with Crippen LogP contribution in [0, 0.1) is 25.2 Å². The quantitative estimate of drug-likeness (QED) is 0.419. The number of thiophene rings is 1. The summed E-state index contributed by atoms with van der Waals surface area (Å²) < 4.78 is 1.63. The number of rotatable bonds is 7. The van der Waals surface area contributed by atoms with E-state index in [0.29, 0.717) is 28.5 Å². The van der Waals surface area contributed by atoms with E-state index in [0.717, 1.165) is 16.1 Å². The molecule has 0 aliphatic carbocycles. The third-order valence-corrected chi connectivity index (χ3v) is 6.77. The Morgan fingerprint density at radius 1 is 1.31 bits per heavy atom. The van der Waals surface area contributed by atoms with Gasteiger partial charge in [-0.2, -0.15) is 5.26 Å². The molecule has 0 bridgehead atoms. The molecule has 1 amide bonds. The molecule has 29 heavy (non-hydrogen) atoms. The fourth-order valence-corrected chi connectivity index (χ4v) is 5.08. The number of carbonyl (C=O) groups is 1. The Morgan fingerprint density at radius 3 is 2.69 bits per heavy atom. The number of anilines is 1. The lowest BCUT2D eigenvalue weighted by Gasteiger charge is -2.21. The number of benzene rings is 1. The summed E-state index contributed by atoms with van der Waals surface area (Å²) in [6, 6.07) is 11.4. The van der Waals surface area contributed by atoms with Crippen LogP contribution in [0.1, 0.15) is 23.8 Å². The van der Waals surface area contributed by atoms with Gasteiger partial charge in [0.05, 0.1) is 23.6 Å². The molecule has 150 valence electrons. The van der Waals surface area contributed by atoms with Gasteiger partial charge in [-0.05, 0) is 38.5 Å². The van der Waals surface area contributed by atoms with Gasteiger partial charge >= 0.3 is 0 Å². The number of amides is 1. The minimum atomic E-state index is -0.119. The van der Waals surface area contributed by atoms with Gasteiger partial charge in [0, 0.05) is 23.7 Å². The average molecular weight is 427 g/mol. The van der Waals surface area contributed by atoms with Crippen LogP contribution in [0.2, 0.25) is 0 Å². The summed E-state index contributed by atoms with van der Waals surface area (Å²) in [6.45, 7) is 6.65. The van der Waals surface area contributed by atoms with Crippen molar-refractivity contribution in [2.45, 2.75) is 38.9 Å². The molecule has 8 heteroatoms. The second-order valence-corrected chi connectivity index (χ2v) is 8.63. The van der Waals surface area contributed by atoms with Crippen molar-refractivity contribution in [3.05, 3.63) is 51.1 Å². The van der Waals surface area contributed by atoms with E-state index in [1.165, 1.54) is 23.1 Å². The van der Waals surface area contributed by atoms with Gasteiger partial charge in [-0.15, -0.1) is 11.3 Å². The van der Waals surface area contributed by atoms with Crippen molar-refractivity contribution in [2.24, 2.45) is 0 Å². The number of para-hydroxylation sites is 1. The maximum Gasteiger partial charge on any atom is 0.263 e. The summed E-state index contributed by atoms with van der Waals surface area (Å²) in [4.78, 5) is 33.9. The van der Waals surface area contributed by atoms with E-state index in [9.17, 15) is 9.59 Å². The second kappa shape index (κ2) is 9.25. The molecule has 6 nitrogen and oxygen atoms in total. The Labute approximate surface area is 177 Å². The molecule has 0 saturated carbocycles. The third kappa shape index (κ3) is 4.36. The van der Waals surface area contributed by atoms with Crippen LogP contribution in [0.15, 0.2) is 40.3 Å². The fourth-order valence-electron chi connectivity index (χ4n) is 3.07. The normalized spacial score (nSPS) is 10.8. The number of hydrogen-bond acceptors (Lipinski definition) is 6. The molecule has 3 rings (SSSR count). The molecule has 0 aliphatic heterocycles. The molecule has 3 aromatic rings. The monoisotopic (exact) mass is 426 g/mol. The summed E-state index contributed by atoms with van der Waals surface area (Å²) in [7, 11) is 0. The van der Waals surface area contributed by atoms with Crippen LogP contribution in [-0.2, 0) is 11.3 Å². The Kier molecular flexibility index (Phi) is 6.72. The highest BCUT2D eigenvalue weighted by Gasteiger charge is 2.19. The van der Waals surface area contributed by atoms with Crippen molar-refractivity contribution >= 4 is 44.9 Å². The topological polar surface area (TPSA) is 79.0 Å². The molecule has 0 radical (unpaired) electrons. The standard InChI is InChI=1S/C21H22N4O2S2/c1-4-24-20(27)18-14(2)15(3)29-19(18)23-21(24)28-13-17(26)25(12-8-11-22)16-9-6-5-7-10-16/h5-7,9-10H,4,8,12-13H2,1-3H3. The van der Waals surface area contributed by atoms with Gasteiger partial charge in [-0.25, -0.2) is 4.98 Å². The van der Waals surface area contributed by atoms with E-state index in [1.54, 1.807) is 9.47 Å². The molecule has 0 fully saturated rings. The SMILES string of the molecule is CCn1c(SCC(=O)N(CCC#N)c2ccccc2)nc2sc(C)c(C)c2c1=O. The van der Waals surface area contributed by atoms with Gasteiger partial charge in [-0.3, -0.25) is 14.2 Å². The fraction of sp³-hybridized carbons (Fsp3) is 0.333. The van der Waals surface area contributed by atoms with Gasteiger partial charge in [0.1, 0.15) is 4.83 Å². The van der Waals surface area contributed by atoms with Gasteiger partial charge in [0.25, 0.3) is 5.56 Å². The van der Waals surface area contributed by atoms with E-state index in [1.807, 2.05) is 51.1 Å². The smallest absolute Gasteiger partial charge is 0.263 e. The Bertz CT molecular complexity index is 1130.